The molecule has 0 amide bonds. The Morgan fingerprint density at radius 2 is 1.64 bits per heavy atom. The molecule has 4 rings (SSSR count). The summed E-state index contributed by atoms with van der Waals surface area (Å²) in [5.41, 5.74) is 4.36. The fourth-order valence-electron chi connectivity index (χ4n) is 3.46. The lowest BCUT2D eigenvalue weighted by Crippen LogP contribution is -2.10. The van der Waals surface area contributed by atoms with Gasteiger partial charge in [0.2, 0.25) is 0 Å². The number of para-hydroxylation sites is 3. The van der Waals surface area contributed by atoms with E-state index < -0.39 is 0 Å². The molecule has 0 aliphatic carbocycles. The van der Waals surface area contributed by atoms with Crippen molar-refractivity contribution in [2.24, 2.45) is 0 Å². The van der Waals surface area contributed by atoms with E-state index in [0.717, 1.165) is 33.2 Å². The van der Waals surface area contributed by atoms with Crippen molar-refractivity contribution < 1.29 is 4.74 Å². The highest BCUT2D eigenvalue weighted by Crippen LogP contribution is 2.28. The number of hydrogen-bond acceptors (Lipinski definition) is 2. The van der Waals surface area contributed by atoms with E-state index in [1.807, 2.05) is 54.6 Å². The van der Waals surface area contributed by atoms with Gasteiger partial charge in [0.05, 0.1) is 17.6 Å². The van der Waals surface area contributed by atoms with Crippen molar-refractivity contribution in [3.63, 3.8) is 0 Å². The van der Waals surface area contributed by atoms with E-state index in [1.165, 1.54) is 5.56 Å². The van der Waals surface area contributed by atoms with Crippen LogP contribution < -0.4 is 4.74 Å². The second kappa shape index (κ2) is 8.07. The van der Waals surface area contributed by atoms with Crippen molar-refractivity contribution in [1.82, 2.24) is 9.55 Å². The molecule has 0 atom stereocenters. The Kier molecular flexibility index (Phi) is 5.36. The van der Waals surface area contributed by atoms with Gasteiger partial charge in [0.25, 0.3) is 0 Å². The molecule has 28 heavy (non-hydrogen) atoms. The maximum atomic E-state index is 6.16. The third-order valence-corrected chi connectivity index (χ3v) is 5.12. The maximum absolute atomic E-state index is 6.16. The zero-order valence-electron chi connectivity index (χ0n) is 16.1. The van der Waals surface area contributed by atoms with Crippen LogP contribution in [0.4, 0.5) is 0 Å². The zero-order chi connectivity index (χ0) is 19.5. The van der Waals surface area contributed by atoms with Crippen molar-refractivity contribution in [3.8, 4) is 17.1 Å². The van der Waals surface area contributed by atoms with Gasteiger partial charge in [-0.15, -0.1) is 0 Å². The molecule has 0 saturated carbocycles. The lowest BCUT2D eigenvalue weighted by Gasteiger charge is -2.15. The van der Waals surface area contributed by atoms with E-state index in [1.54, 1.807) is 0 Å². The number of aromatic nitrogens is 2. The number of fused-ring (bicyclic) bond motifs is 1. The van der Waals surface area contributed by atoms with Gasteiger partial charge in [-0.3, -0.25) is 0 Å². The van der Waals surface area contributed by atoms with Crippen LogP contribution in [-0.4, -0.2) is 16.2 Å². The second-order valence-electron chi connectivity index (χ2n) is 7.12. The number of nitrogens with zero attached hydrogens (tertiary/aromatic N) is 2. The summed E-state index contributed by atoms with van der Waals surface area (Å²) in [7, 11) is 0. The Labute approximate surface area is 170 Å². The number of imidazole rings is 1. The summed E-state index contributed by atoms with van der Waals surface area (Å²) >= 11 is 6.06. The normalized spacial score (nSPS) is 11.3. The second-order valence-corrected chi connectivity index (χ2v) is 7.56. The number of ether oxygens (including phenoxy) is 1. The Morgan fingerprint density at radius 1 is 0.929 bits per heavy atom. The molecule has 0 spiro atoms. The SMILES string of the molecule is CC(C)c1ccccc1OCCn1c(-c2ccc(Cl)cc2)nc2ccccc21. The van der Waals surface area contributed by atoms with Crippen LogP contribution in [0.25, 0.3) is 22.4 Å². The molecule has 0 saturated heterocycles. The fourth-order valence-corrected chi connectivity index (χ4v) is 3.58. The van der Waals surface area contributed by atoms with Crippen LogP contribution in [0.3, 0.4) is 0 Å². The summed E-state index contributed by atoms with van der Waals surface area (Å²) in [6, 6.07) is 24.3. The van der Waals surface area contributed by atoms with Crippen LogP contribution in [0.5, 0.6) is 5.75 Å². The van der Waals surface area contributed by atoms with Crippen LogP contribution in [0, 0.1) is 0 Å². The van der Waals surface area contributed by atoms with Crippen LogP contribution in [-0.2, 0) is 6.54 Å². The quantitative estimate of drug-likeness (QED) is 0.372. The first kappa shape index (κ1) is 18.6. The Balaban J connectivity index is 1.63. The summed E-state index contributed by atoms with van der Waals surface area (Å²) in [4.78, 5) is 4.85. The maximum Gasteiger partial charge on any atom is 0.141 e. The molecule has 1 heterocycles. The largest absolute Gasteiger partial charge is 0.491 e. The first-order valence-electron chi connectivity index (χ1n) is 9.56. The van der Waals surface area contributed by atoms with Crippen molar-refractivity contribution >= 4 is 22.6 Å². The highest BCUT2D eigenvalue weighted by Gasteiger charge is 2.13. The molecule has 3 aromatic carbocycles. The Morgan fingerprint density at radius 3 is 2.43 bits per heavy atom. The van der Waals surface area contributed by atoms with Gasteiger partial charge < -0.3 is 9.30 Å². The highest BCUT2D eigenvalue weighted by atomic mass is 35.5. The lowest BCUT2D eigenvalue weighted by atomic mass is 10.0. The van der Waals surface area contributed by atoms with Gasteiger partial charge in [-0.25, -0.2) is 4.98 Å². The molecule has 4 heteroatoms. The van der Waals surface area contributed by atoms with E-state index >= 15 is 0 Å². The predicted molar refractivity (Wildman–Crippen MR) is 116 cm³/mol. The number of rotatable bonds is 6. The molecule has 3 nitrogen and oxygen atoms in total. The number of benzene rings is 3. The molecule has 4 aromatic rings. The van der Waals surface area contributed by atoms with Gasteiger partial charge in [-0.05, 0) is 53.9 Å². The van der Waals surface area contributed by atoms with Gasteiger partial charge in [0, 0.05) is 10.6 Å². The van der Waals surface area contributed by atoms with Crippen LogP contribution in [0.2, 0.25) is 5.02 Å². The van der Waals surface area contributed by atoms with Crippen LogP contribution in [0.15, 0.2) is 72.8 Å². The minimum absolute atomic E-state index is 0.426. The monoisotopic (exact) mass is 390 g/mol. The van der Waals surface area contributed by atoms with Gasteiger partial charge in [-0.2, -0.15) is 0 Å². The van der Waals surface area contributed by atoms with E-state index in [9.17, 15) is 0 Å². The lowest BCUT2D eigenvalue weighted by molar-refractivity contribution is 0.297. The molecular formula is C24H23ClN2O. The number of hydrogen-bond donors (Lipinski definition) is 0. The molecule has 0 radical (unpaired) electrons. The molecule has 1 aromatic heterocycles. The summed E-state index contributed by atoms with van der Waals surface area (Å²) in [6.07, 6.45) is 0. The number of halogens is 1. The van der Waals surface area contributed by atoms with Gasteiger partial charge in [0.1, 0.15) is 18.2 Å². The first-order chi connectivity index (χ1) is 13.6. The van der Waals surface area contributed by atoms with Gasteiger partial charge >= 0.3 is 0 Å². The molecule has 0 aliphatic rings. The third-order valence-electron chi connectivity index (χ3n) is 4.87. The molecule has 0 aliphatic heterocycles. The van der Waals surface area contributed by atoms with Crippen LogP contribution >= 0.6 is 11.6 Å². The fraction of sp³-hybridized carbons (Fsp3) is 0.208. The average molecular weight is 391 g/mol. The minimum atomic E-state index is 0.426. The van der Waals surface area contributed by atoms with E-state index in [2.05, 4.69) is 36.6 Å². The molecule has 0 fully saturated rings. The molecule has 0 N–H and O–H groups in total. The molecule has 142 valence electrons. The molecule has 0 bridgehead atoms. The summed E-state index contributed by atoms with van der Waals surface area (Å²) in [6.45, 7) is 5.66. The van der Waals surface area contributed by atoms with E-state index in [4.69, 9.17) is 21.3 Å². The minimum Gasteiger partial charge on any atom is -0.491 e. The smallest absolute Gasteiger partial charge is 0.141 e. The van der Waals surface area contributed by atoms with E-state index in [-0.39, 0.29) is 0 Å². The molecule has 0 unspecified atom stereocenters. The first-order valence-corrected chi connectivity index (χ1v) is 9.94. The zero-order valence-corrected chi connectivity index (χ0v) is 16.9. The van der Waals surface area contributed by atoms with Crippen molar-refractivity contribution in [3.05, 3.63) is 83.4 Å². The highest BCUT2D eigenvalue weighted by molar-refractivity contribution is 6.30. The standard InChI is InChI=1S/C24H23ClN2O/c1-17(2)20-7-3-6-10-23(20)28-16-15-27-22-9-5-4-8-21(22)26-24(27)18-11-13-19(25)14-12-18/h3-14,17H,15-16H2,1-2H3. The average Bonchev–Trinajstić information content (AvgIpc) is 3.07. The third kappa shape index (κ3) is 3.76. The van der Waals surface area contributed by atoms with Gasteiger partial charge in [-0.1, -0.05) is 55.8 Å². The van der Waals surface area contributed by atoms with Gasteiger partial charge in [0.15, 0.2) is 0 Å². The van der Waals surface area contributed by atoms with Crippen LogP contribution in [0.1, 0.15) is 25.3 Å². The Bertz CT molecular complexity index is 1080. The Hall–Kier alpha value is -2.78. The summed E-state index contributed by atoms with van der Waals surface area (Å²) in [5.74, 6) is 2.31. The predicted octanol–water partition coefficient (Wildman–Crippen LogP) is 6.56. The van der Waals surface area contributed by atoms with E-state index in [0.29, 0.717) is 19.1 Å². The summed E-state index contributed by atoms with van der Waals surface area (Å²) in [5, 5.41) is 0.722. The molecular weight excluding hydrogens is 368 g/mol. The summed E-state index contributed by atoms with van der Waals surface area (Å²) < 4.78 is 8.38. The van der Waals surface area contributed by atoms with Crippen molar-refractivity contribution in [2.75, 3.05) is 6.61 Å². The topological polar surface area (TPSA) is 27.1 Å². The van der Waals surface area contributed by atoms with Crippen molar-refractivity contribution in [2.45, 2.75) is 26.3 Å². The van der Waals surface area contributed by atoms with Crippen molar-refractivity contribution in [1.29, 1.82) is 0 Å².